The molecule has 0 spiro atoms. The highest BCUT2D eigenvalue weighted by Crippen LogP contribution is 2.56. The number of aromatic nitrogens is 1. The van der Waals surface area contributed by atoms with Gasteiger partial charge >= 0.3 is 0 Å². The van der Waals surface area contributed by atoms with E-state index in [4.69, 9.17) is 0 Å². The van der Waals surface area contributed by atoms with Crippen LogP contribution in [-0.4, -0.2) is 15.9 Å². The van der Waals surface area contributed by atoms with Gasteiger partial charge in [-0.25, -0.2) is 0 Å². The van der Waals surface area contributed by atoms with Crippen molar-refractivity contribution in [1.29, 1.82) is 0 Å². The van der Waals surface area contributed by atoms with E-state index in [9.17, 15) is 0 Å². The van der Waals surface area contributed by atoms with Crippen LogP contribution in [0.1, 0.15) is 64.2 Å². The first-order valence-electron chi connectivity index (χ1n) is 15.5. The lowest BCUT2D eigenvalue weighted by atomic mass is 9.95. The molecule has 0 bridgehead atoms. The van der Waals surface area contributed by atoms with Gasteiger partial charge < -0.3 is 4.57 Å². The van der Waals surface area contributed by atoms with Crippen molar-refractivity contribution in [2.45, 2.75) is 75.5 Å². The van der Waals surface area contributed by atoms with Crippen LogP contribution in [0.25, 0.3) is 38.8 Å². The smallest absolute Gasteiger partial charge is 0.0619 e. The van der Waals surface area contributed by atoms with E-state index in [1.165, 1.54) is 103 Å². The summed E-state index contributed by atoms with van der Waals surface area (Å²) >= 11 is 0. The minimum Gasteiger partial charge on any atom is -0.308 e. The van der Waals surface area contributed by atoms with Gasteiger partial charge in [-0.3, -0.25) is 0 Å². The molecule has 0 aliphatic heterocycles. The number of hydrogen-bond donors (Lipinski definition) is 0. The number of nitrogens with zero attached hydrogens (tertiary/aromatic N) is 1. The van der Waals surface area contributed by atoms with Crippen LogP contribution in [0, 0.1) is 0 Å². The highest BCUT2D eigenvalue weighted by atomic mass is 31.1. The second-order valence-electron chi connectivity index (χ2n) is 11.8. The van der Waals surface area contributed by atoms with Gasteiger partial charge in [-0.15, -0.1) is 0 Å². The fourth-order valence-electron chi connectivity index (χ4n) is 7.44. The SMILES string of the molecule is c1ccc(-c2cccc(-c3ccccc3)c2-n2c(P(C3CCCCC3)C3CCCCC3)cc3ccccc32)cc1. The van der Waals surface area contributed by atoms with Crippen molar-refractivity contribution in [3.63, 3.8) is 0 Å². The van der Waals surface area contributed by atoms with E-state index in [0.29, 0.717) is 0 Å². The molecule has 1 aromatic heterocycles. The van der Waals surface area contributed by atoms with Crippen LogP contribution in [0.2, 0.25) is 0 Å². The summed E-state index contributed by atoms with van der Waals surface area (Å²) in [5.74, 6) is 0. The maximum atomic E-state index is 2.74. The first-order chi connectivity index (χ1) is 19.9. The van der Waals surface area contributed by atoms with Crippen LogP contribution >= 0.6 is 7.92 Å². The Morgan fingerprint density at radius 1 is 0.500 bits per heavy atom. The zero-order valence-corrected chi connectivity index (χ0v) is 24.4. The molecule has 0 atom stereocenters. The van der Waals surface area contributed by atoms with Gasteiger partial charge in [-0.2, -0.15) is 0 Å². The molecule has 0 radical (unpaired) electrons. The Bertz CT molecular complexity index is 1480. The lowest BCUT2D eigenvalue weighted by Crippen LogP contribution is -2.29. The van der Waals surface area contributed by atoms with E-state index in [0.717, 1.165) is 11.3 Å². The van der Waals surface area contributed by atoms with Gasteiger partial charge in [0.05, 0.1) is 11.2 Å². The molecule has 0 saturated heterocycles. The van der Waals surface area contributed by atoms with Crippen LogP contribution in [-0.2, 0) is 0 Å². The van der Waals surface area contributed by atoms with Crippen molar-refractivity contribution < 1.29 is 0 Å². The molecule has 1 nitrogen and oxygen atoms in total. The van der Waals surface area contributed by atoms with Crippen LogP contribution in [0.15, 0.2) is 109 Å². The van der Waals surface area contributed by atoms with Crippen LogP contribution in [0.3, 0.4) is 0 Å². The van der Waals surface area contributed by atoms with Crippen LogP contribution in [0.5, 0.6) is 0 Å². The zero-order chi connectivity index (χ0) is 26.7. The number of benzene rings is 4. The third-order valence-electron chi connectivity index (χ3n) is 9.32. The molecule has 2 aliphatic carbocycles. The number of rotatable bonds is 6. The van der Waals surface area contributed by atoms with Crippen LogP contribution < -0.4 is 5.44 Å². The lowest BCUT2D eigenvalue weighted by molar-refractivity contribution is 0.486. The Hall–Kier alpha value is -3.15. The largest absolute Gasteiger partial charge is 0.308 e. The highest BCUT2D eigenvalue weighted by molar-refractivity contribution is 7.66. The number of hydrogen-bond acceptors (Lipinski definition) is 0. The standard InChI is InChI=1S/C38H40NP/c1-5-16-29(17-6-1)34-25-15-26-35(30-18-7-2-8-19-30)38(34)39-36-27-14-13-20-31(36)28-37(39)40(32-21-9-3-10-22-32)33-23-11-4-12-24-33/h1-2,5-8,13-20,25-28,32-33H,3-4,9-12,21-24H2. The summed E-state index contributed by atoms with van der Waals surface area (Å²) < 4.78 is 2.74. The van der Waals surface area contributed by atoms with Crippen molar-refractivity contribution in [2.24, 2.45) is 0 Å². The van der Waals surface area contributed by atoms with E-state index in [1.807, 2.05) is 0 Å². The molecule has 5 aromatic rings. The minimum atomic E-state index is -0.283. The Kier molecular flexibility index (Phi) is 7.58. The monoisotopic (exact) mass is 541 g/mol. The summed E-state index contributed by atoms with van der Waals surface area (Å²) in [5, 5.41) is 1.39. The quantitative estimate of drug-likeness (QED) is 0.188. The average Bonchev–Trinajstić information content (AvgIpc) is 3.41. The Morgan fingerprint density at radius 2 is 1.00 bits per heavy atom. The van der Waals surface area contributed by atoms with Gasteiger partial charge in [0.2, 0.25) is 0 Å². The van der Waals surface area contributed by atoms with Gasteiger partial charge in [-0.1, -0.05) is 144 Å². The average molecular weight is 542 g/mol. The Labute approximate surface area is 241 Å². The summed E-state index contributed by atoms with van der Waals surface area (Å²) in [4.78, 5) is 0. The van der Waals surface area contributed by atoms with Crippen molar-refractivity contribution in [3.05, 3.63) is 109 Å². The van der Waals surface area contributed by atoms with Gasteiger partial charge in [-0.05, 0) is 60.3 Å². The first-order valence-corrected chi connectivity index (χ1v) is 17.0. The molecule has 7 rings (SSSR count). The molecule has 0 amide bonds. The van der Waals surface area contributed by atoms with Crippen molar-refractivity contribution in [2.75, 3.05) is 0 Å². The summed E-state index contributed by atoms with van der Waals surface area (Å²) in [6.45, 7) is 0. The summed E-state index contributed by atoms with van der Waals surface area (Å²) in [6, 6.07) is 40.8. The van der Waals surface area contributed by atoms with E-state index >= 15 is 0 Å². The van der Waals surface area contributed by atoms with E-state index < -0.39 is 0 Å². The lowest BCUT2D eigenvalue weighted by Gasteiger charge is -2.39. The molecule has 4 aromatic carbocycles. The van der Waals surface area contributed by atoms with Gasteiger partial charge in [0.1, 0.15) is 0 Å². The molecule has 1 heterocycles. The van der Waals surface area contributed by atoms with Crippen molar-refractivity contribution >= 4 is 24.3 Å². The minimum absolute atomic E-state index is 0.283. The molecule has 0 N–H and O–H groups in total. The second-order valence-corrected chi connectivity index (χ2v) is 14.6. The maximum absolute atomic E-state index is 2.74. The molecular weight excluding hydrogens is 501 g/mol. The molecule has 2 aliphatic rings. The predicted molar refractivity (Wildman–Crippen MR) is 174 cm³/mol. The highest BCUT2D eigenvalue weighted by Gasteiger charge is 2.35. The zero-order valence-electron chi connectivity index (χ0n) is 23.5. The summed E-state index contributed by atoms with van der Waals surface area (Å²) in [7, 11) is -0.283. The fourth-order valence-corrected chi connectivity index (χ4v) is 11.4. The predicted octanol–water partition coefficient (Wildman–Crippen LogP) is 10.7. The van der Waals surface area contributed by atoms with E-state index in [1.54, 1.807) is 5.44 Å². The molecule has 0 unspecified atom stereocenters. The molecule has 40 heavy (non-hydrogen) atoms. The normalized spacial score (nSPS) is 17.0. The third-order valence-corrected chi connectivity index (χ3v) is 12.8. The molecule has 202 valence electrons. The molecule has 2 saturated carbocycles. The second kappa shape index (κ2) is 11.8. The number of fused-ring (bicyclic) bond motifs is 1. The molecular formula is C38H40NP. The summed E-state index contributed by atoms with van der Waals surface area (Å²) in [6.07, 6.45) is 14.1. The molecule has 2 heteroatoms. The van der Waals surface area contributed by atoms with Crippen LogP contribution in [0.4, 0.5) is 0 Å². The first kappa shape index (κ1) is 25.8. The molecule has 2 fully saturated rings. The van der Waals surface area contributed by atoms with Gasteiger partial charge in [0, 0.05) is 21.9 Å². The Morgan fingerprint density at radius 3 is 1.55 bits per heavy atom. The topological polar surface area (TPSA) is 4.93 Å². The Balaban J connectivity index is 1.53. The third kappa shape index (κ3) is 4.95. The number of para-hydroxylation sites is 2. The van der Waals surface area contributed by atoms with Crippen molar-refractivity contribution in [1.82, 2.24) is 4.57 Å². The maximum Gasteiger partial charge on any atom is 0.0619 e. The van der Waals surface area contributed by atoms with Crippen molar-refractivity contribution in [3.8, 4) is 27.9 Å². The van der Waals surface area contributed by atoms with E-state index in [2.05, 4.69) is 114 Å². The van der Waals surface area contributed by atoms with E-state index in [-0.39, 0.29) is 7.92 Å². The van der Waals surface area contributed by atoms with Gasteiger partial charge in [0.15, 0.2) is 0 Å². The van der Waals surface area contributed by atoms with Gasteiger partial charge in [0.25, 0.3) is 0 Å². The fraction of sp³-hybridized carbons (Fsp3) is 0.316. The summed E-state index contributed by atoms with van der Waals surface area (Å²) in [5.41, 5.74) is 11.3.